The van der Waals surface area contributed by atoms with Crippen molar-refractivity contribution in [3.63, 3.8) is 0 Å². The minimum atomic E-state index is -0.785. The second-order valence-electron chi connectivity index (χ2n) is 9.21. The number of piperidine rings is 1. The van der Waals surface area contributed by atoms with Crippen molar-refractivity contribution in [3.05, 3.63) is 79.4 Å². The summed E-state index contributed by atoms with van der Waals surface area (Å²) >= 11 is 14.4. The predicted molar refractivity (Wildman–Crippen MR) is 152 cm³/mol. The number of rotatable bonds is 7. The van der Waals surface area contributed by atoms with E-state index in [1.54, 1.807) is 59.0 Å². The smallest absolute Gasteiger partial charge is 0.333 e. The molecule has 1 fully saturated rings. The minimum Gasteiger partial charge on any atom is -0.368 e. The molecule has 38 heavy (non-hydrogen) atoms. The maximum atomic E-state index is 13.8. The molecule has 0 radical (unpaired) electrons. The summed E-state index contributed by atoms with van der Waals surface area (Å²) in [4.78, 5) is 44.2. The first-order valence-corrected chi connectivity index (χ1v) is 14.1. The van der Waals surface area contributed by atoms with Gasteiger partial charge in [0, 0.05) is 35.9 Å². The molecule has 2 aromatic carbocycles. The Kier molecular flexibility index (Phi) is 7.67. The highest BCUT2D eigenvalue weighted by atomic mass is 35.5. The van der Waals surface area contributed by atoms with Crippen LogP contribution in [0, 0.1) is 5.92 Å². The number of halogens is 2. The summed E-state index contributed by atoms with van der Waals surface area (Å²) in [7, 11) is 0. The van der Waals surface area contributed by atoms with Crippen molar-refractivity contribution in [2.24, 2.45) is 11.7 Å². The quantitative estimate of drug-likeness (QED) is 0.337. The van der Waals surface area contributed by atoms with E-state index in [4.69, 9.17) is 33.9 Å². The van der Waals surface area contributed by atoms with Crippen molar-refractivity contribution in [2.45, 2.75) is 25.9 Å². The zero-order valence-corrected chi connectivity index (χ0v) is 23.0. The summed E-state index contributed by atoms with van der Waals surface area (Å²) in [6.45, 7) is 1.62. The lowest BCUT2D eigenvalue weighted by molar-refractivity contribution is -0.118. The molecule has 0 aliphatic carbocycles. The van der Waals surface area contributed by atoms with E-state index in [9.17, 15) is 14.4 Å². The number of primary amides is 1. The van der Waals surface area contributed by atoms with Crippen molar-refractivity contribution >= 4 is 52.2 Å². The molecule has 9 nitrogen and oxygen atoms in total. The van der Waals surface area contributed by atoms with Gasteiger partial charge in [0.05, 0.1) is 5.02 Å². The maximum absolute atomic E-state index is 13.8. The van der Waals surface area contributed by atoms with E-state index in [1.807, 2.05) is 12.3 Å². The Morgan fingerprint density at radius 2 is 1.74 bits per heavy atom. The lowest BCUT2D eigenvalue weighted by atomic mass is 9.98. The van der Waals surface area contributed by atoms with Gasteiger partial charge in [-0.1, -0.05) is 47.3 Å². The van der Waals surface area contributed by atoms with Gasteiger partial charge in [0.25, 0.3) is 5.56 Å². The molecule has 0 spiro atoms. The number of nitrogens with two attached hydrogens (primary N) is 1. The van der Waals surface area contributed by atoms with Gasteiger partial charge in [-0.2, -0.15) is 0 Å². The molecule has 2 aromatic heterocycles. The van der Waals surface area contributed by atoms with Gasteiger partial charge in [-0.05, 0) is 61.4 Å². The van der Waals surface area contributed by atoms with Crippen molar-refractivity contribution in [1.82, 2.24) is 23.0 Å². The Morgan fingerprint density at radius 3 is 2.37 bits per heavy atom. The molecule has 1 amide bonds. The average molecular weight is 574 g/mol. The Labute approximate surface area is 232 Å². The molecule has 2 N–H and O–H groups in total. The largest absolute Gasteiger partial charge is 0.368 e. The lowest BCUT2D eigenvalue weighted by Crippen LogP contribution is -2.44. The highest BCUT2D eigenvalue weighted by Gasteiger charge is 2.27. The van der Waals surface area contributed by atoms with Crippen LogP contribution in [0.15, 0.2) is 58.1 Å². The zero-order chi connectivity index (χ0) is 27.0. The second kappa shape index (κ2) is 11.0. The fourth-order valence-corrected chi connectivity index (χ4v) is 5.82. The van der Waals surface area contributed by atoms with Gasteiger partial charge in [-0.15, -0.1) is 0 Å². The first-order valence-electron chi connectivity index (χ1n) is 12.1. The third kappa shape index (κ3) is 5.01. The monoisotopic (exact) mass is 572 g/mol. The molecule has 1 aliphatic heterocycles. The van der Waals surface area contributed by atoms with E-state index in [-0.39, 0.29) is 17.1 Å². The van der Waals surface area contributed by atoms with Gasteiger partial charge in [-0.25, -0.2) is 14.3 Å². The number of benzene rings is 2. The molecule has 0 unspecified atom stereocenters. The molecule has 1 aliphatic rings. The van der Waals surface area contributed by atoms with Crippen LogP contribution in [0.1, 0.15) is 12.8 Å². The van der Waals surface area contributed by atoms with Crippen LogP contribution in [-0.2, 0) is 17.9 Å². The third-order valence-electron chi connectivity index (χ3n) is 6.81. The lowest BCUT2D eigenvalue weighted by Gasteiger charge is -2.30. The highest BCUT2D eigenvalue weighted by molar-refractivity contribution is 7.96. The SMILES string of the molecule is CSN1CCC(Cn2c(=O)n(CC(N)=O)c(=O)c3c2nc(-c2ccccc2Cl)n3-c2ccc(Cl)cc2)CC1. The first kappa shape index (κ1) is 26.6. The summed E-state index contributed by atoms with van der Waals surface area (Å²) in [6.07, 6.45) is 3.83. The van der Waals surface area contributed by atoms with Gasteiger partial charge in [0.15, 0.2) is 11.2 Å². The number of fused-ring (bicyclic) bond motifs is 1. The number of hydrogen-bond acceptors (Lipinski definition) is 6. The molecule has 4 aromatic rings. The van der Waals surface area contributed by atoms with Gasteiger partial charge >= 0.3 is 5.69 Å². The highest BCUT2D eigenvalue weighted by Crippen LogP contribution is 2.32. The molecule has 12 heteroatoms. The van der Waals surface area contributed by atoms with Crippen molar-refractivity contribution < 1.29 is 4.79 Å². The normalized spacial score (nSPS) is 14.8. The molecular formula is C26H26Cl2N6O3S. The summed E-state index contributed by atoms with van der Waals surface area (Å²) in [5.41, 5.74) is 5.77. The molecule has 198 valence electrons. The van der Waals surface area contributed by atoms with E-state index < -0.39 is 23.7 Å². The van der Waals surface area contributed by atoms with Crippen molar-refractivity contribution in [2.75, 3.05) is 19.3 Å². The van der Waals surface area contributed by atoms with Crippen LogP contribution in [0.5, 0.6) is 0 Å². The van der Waals surface area contributed by atoms with Gasteiger partial charge in [0.1, 0.15) is 12.4 Å². The van der Waals surface area contributed by atoms with Crippen LogP contribution >= 0.6 is 35.1 Å². The minimum absolute atomic E-state index is 0.157. The van der Waals surface area contributed by atoms with Crippen molar-refractivity contribution in [1.29, 1.82) is 0 Å². The van der Waals surface area contributed by atoms with E-state index >= 15 is 0 Å². The average Bonchev–Trinajstić information content (AvgIpc) is 3.30. The van der Waals surface area contributed by atoms with Crippen LogP contribution in [0.4, 0.5) is 0 Å². The van der Waals surface area contributed by atoms with Gasteiger partial charge in [0.2, 0.25) is 5.91 Å². The maximum Gasteiger partial charge on any atom is 0.333 e. The predicted octanol–water partition coefficient (Wildman–Crippen LogP) is 3.80. The number of hydrogen-bond donors (Lipinski definition) is 1. The number of aromatic nitrogens is 4. The molecule has 0 bridgehead atoms. The summed E-state index contributed by atoms with van der Waals surface area (Å²) < 4.78 is 6.35. The van der Waals surface area contributed by atoms with Gasteiger partial charge in [-0.3, -0.25) is 23.0 Å². The molecule has 0 saturated carbocycles. The van der Waals surface area contributed by atoms with Crippen LogP contribution in [0.25, 0.3) is 28.2 Å². The third-order valence-corrected chi connectivity index (χ3v) is 8.27. The summed E-state index contributed by atoms with van der Waals surface area (Å²) in [6, 6.07) is 14.1. The topological polar surface area (TPSA) is 108 Å². The molecule has 0 atom stereocenters. The molecular weight excluding hydrogens is 547 g/mol. The Bertz CT molecular complexity index is 1620. The summed E-state index contributed by atoms with van der Waals surface area (Å²) in [5, 5.41) is 0.964. The Hall–Kier alpha value is -3.05. The number of amides is 1. The first-order chi connectivity index (χ1) is 18.3. The fourth-order valence-electron chi connectivity index (χ4n) is 4.90. The van der Waals surface area contributed by atoms with E-state index in [0.29, 0.717) is 33.7 Å². The van der Waals surface area contributed by atoms with Crippen LogP contribution in [0.3, 0.4) is 0 Å². The fraction of sp³-hybridized carbons (Fsp3) is 0.308. The molecule has 5 rings (SSSR count). The van der Waals surface area contributed by atoms with E-state index in [1.165, 1.54) is 4.57 Å². The number of nitrogens with zero attached hydrogens (tertiary/aromatic N) is 5. The van der Waals surface area contributed by atoms with Gasteiger partial charge < -0.3 is 5.73 Å². The van der Waals surface area contributed by atoms with Crippen LogP contribution < -0.4 is 17.0 Å². The number of imidazole rings is 1. The molecule has 1 saturated heterocycles. The van der Waals surface area contributed by atoms with E-state index in [2.05, 4.69) is 4.31 Å². The van der Waals surface area contributed by atoms with Crippen LogP contribution in [-0.4, -0.2) is 48.2 Å². The zero-order valence-electron chi connectivity index (χ0n) is 20.6. The molecule has 3 heterocycles. The Morgan fingerprint density at radius 1 is 1.05 bits per heavy atom. The second-order valence-corrected chi connectivity index (χ2v) is 10.9. The number of carbonyl (C=O) groups excluding carboxylic acids is 1. The van der Waals surface area contributed by atoms with E-state index in [0.717, 1.165) is 30.5 Å². The summed E-state index contributed by atoms with van der Waals surface area (Å²) in [5.74, 6) is -0.192. The van der Waals surface area contributed by atoms with Crippen LogP contribution in [0.2, 0.25) is 10.0 Å². The van der Waals surface area contributed by atoms with Crippen molar-refractivity contribution in [3.8, 4) is 17.1 Å². The Balaban J connectivity index is 1.81. The standard InChI is InChI=1S/C26H26Cl2N6O3S/c1-38-31-12-10-16(11-13-31)14-32-24-22(25(36)33(26(32)37)15-21(29)35)34(18-8-6-17(27)7-9-18)23(30-24)19-4-2-3-5-20(19)28/h2-9,16H,10-15H2,1H3,(H2,29,35). The number of carbonyl (C=O) groups is 1.